The fraction of sp³-hybridized carbons (Fsp3) is 0.667. The van der Waals surface area contributed by atoms with Crippen molar-refractivity contribution in [3.8, 4) is 0 Å². The Kier molecular flexibility index (Phi) is 4.96. The van der Waals surface area contributed by atoms with Gasteiger partial charge in [0.2, 0.25) is 0 Å². The largest absolute Gasteiger partial charge is 0.383 e. The summed E-state index contributed by atoms with van der Waals surface area (Å²) in [5, 5.41) is 0. The van der Waals surface area contributed by atoms with Crippen molar-refractivity contribution in [1.82, 2.24) is 10.4 Å². The molecule has 5 heteroatoms. The van der Waals surface area contributed by atoms with Crippen LogP contribution in [0.25, 0.3) is 0 Å². The Morgan fingerprint density at radius 2 is 2.40 bits per heavy atom. The predicted molar refractivity (Wildman–Crippen MR) is 80.8 cm³/mol. The first-order valence-electron chi connectivity index (χ1n) is 7.32. The van der Waals surface area contributed by atoms with Crippen LogP contribution in [0.5, 0.6) is 0 Å². The van der Waals surface area contributed by atoms with Crippen LogP contribution in [0.2, 0.25) is 0 Å². The summed E-state index contributed by atoms with van der Waals surface area (Å²) in [6.07, 6.45) is 6.93. The summed E-state index contributed by atoms with van der Waals surface area (Å²) in [7, 11) is 1.79. The summed E-state index contributed by atoms with van der Waals surface area (Å²) >= 11 is 0. The van der Waals surface area contributed by atoms with Crippen molar-refractivity contribution in [3.63, 3.8) is 0 Å². The van der Waals surface area contributed by atoms with Crippen molar-refractivity contribution in [3.05, 3.63) is 23.9 Å². The van der Waals surface area contributed by atoms with E-state index < -0.39 is 0 Å². The zero-order chi connectivity index (χ0) is 14.6. The summed E-state index contributed by atoms with van der Waals surface area (Å²) < 4.78 is 5.91. The normalized spacial score (nSPS) is 28.2. The first kappa shape index (κ1) is 15.2. The second kappa shape index (κ2) is 6.52. The molecule has 1 heterocycles. The van der Waals surface area contributed by atoms with Crippen molar-refractivity contribution in [1.29, 1.82) is 0 Å². The van der Waals surface area contributed by atoms with Gasteiger partial charge in [-0.05, 0) is 36.8 Å². The molecule has 0 aromatic carbocycles. The van der Waals surface area contributed by atoms with Gasteiger partial charge in [0.1, 0.15) is 5.82 Å². The van der Waals surface area contributed by atoms with Gasteiger partial charge in [-0.25, -0.2) is 4.98 Å². The highest BCUT2D eigenvalue weighted by Crippen LogP contribution is 2.38. The van der Waals surface area contributed by atoms with E-state index in [-0.39, 0.29) is 11.6 Å². The molecule has 0 saturated heterocycles. The highest BCUT2D eigenvalue weighted by molar-refractivity contribution is 5.39. The van der Waals surface area contributed by atoms with Crippen molar-refractivity contribution < 1.29 is 4.74 Å². The monoisotopic (exact) mass is 278 g/mol. The fourth-order valence-electron chi connectivity index (χ4n) is 3.43. The van der Waals surface area contributed by atoms with Gasteiger partial charge in [-0.1, -0.05) is 25.8 Å². The molecule has 2 rings (SSSR count). The molecule has 3 unspecified atom stereocenters. The zero-order valence-electron chi connectivity index (χ0n) is 12.4. The first-order valence-corrected chi connectivity index (χ1v) is 7.32. The maximum atomic E-state index is 5.94. The zero-order valence-corrected chi connectivity index (χ0v) is 12.4. The minimum Gasteiger partial charge on any atom is -0.383 e. The summed E-state index contributed by atoms with van der Waals surface area (Å²) in [6.45, 7) is 2.28. The van der Waals surface area contributed by atoms with Crippen LogP contribution < -0.4 is 17.0 Å². The summed E-state index contributed by atoms with van der Waals surface area (Å²) in [6, 6.07) is 3.95. The lowest BCUT2D eigenvalue weighted by Crippen LogP contribution is -2.57. The molecule has 5 nitrogen and oxygen atoms in total. The Balaban J connectivity index is 2.19. The number of nitrogen functional groups attached to an aromatic ring is 1. The Hall–Kier alpha value is -1.17. The van der Waals surface area contributed by atoms with E-state index in [0.717, 1.165) is 24.8 Å². The van der Waals surface area contributed by atoms with E-state index in [1.165, 1.54) is 12.8 Å². The van der Waals surface area contributed by atoms with E-state index in [0.29, 0.717) is 11.7 Å². The SMILES string of the molecule is COC1(C(Cc2cccnc2N)NN)CCCC(C)C1. The molecule has 1 aliphatic rings. The Morgan fingerprint density at radius 1 is 1.60 bits per heavy atom. The molecule has 1 fully saturated rings. The number of rotatable bonds is 5. The number of hydrogen-bond donors (Lipinski definition) is 3. The molecule has 5 N–H and O–H groups in total. The standard InChI is InChI=1S/C15H26N4O/c1-11-5-3-7-15(10-11,20-2)13(19-17)9-12-6-4-8-18-14(12)16/h4,6,8,11,13,19H,3,5,7,9-10,17H2,1-2H3,(H2,16,18). The Labute approximate surface area is 121 Å². The van der Waals surface area contributed by atoms with Gasteiger partial charge in [-0.3, -0.25) is 11.3 Å². The van der Waals surface area contributed by atoms with Gasteiger partial charge in [-0.2, -0.15) is 0 Å². The second-order valence-corrected chi connectivity index (χ2v) is 5.94. The molecule has 1 aliphatic carbocycles. The minimum absolute atomic E-state index is 0.0433. The lowest BCUT2D eigenvalue weighted by Gasteiger charge is -2.44. The van der Waals surface area contributed by atoms with Crippen molar-refractivity contribution in [2.45, 2.75) is 50.7 Å². The van der Waals surface area contributed by atoms with Crippen molar-refractivity contribution >= 4 is 5.82 Å². The number of nitrogens with one attached hydrogen (secondary N) is 1. The van der Waals surface area contributed by atoms with Crippen molar-refractivity contribution in [2.24, 2.45) is 11.8 Å². The Bertz CT molecular complexity index is 440. The predicted octanol–water partition coefficient (Wildman–Crippen LogP) is 1.63. The molecule has 0 bridgehead atoms. The van der Waals surface area contributed by atoms with Crippen LogP contribution in [0, 0.1) is 5.92 Å². The maximum absolute atomic E-state index is 5.94. The summed E-state index contributed by atoms with van der Waals surface area (Å²) in [5.74, 6) is 7.05. The molecule has 1 saturated carbocycles. The molecule has 0 radical (unpaired) electrons. The van der Waals surface area contributed by atoms with Crippen LogP contribution in [-0.4, -0.2) is 23.7 Å². The average molecular weight is 278 g/mol. The number of hydrogen-bond acceptors (Lipinski definition) is 5. The van der Waals surface area contributed by atoms with Gasteiger partial charge in [0.15, 0.2) is 0 Å². The lowest BCUT2D eigenvalue weighted by molar-refractivity contribution is -0.0791. The third-order valence-electron chi connectivity index (χ3n) is 4.58. The van der Waals surface area contributed by atoms with Gasteiger partial charge >= 0.3 is 0 Å². The van der Waals surface area contributed by atoms with Gasteiger partial charge in [0.05, 0.1) is 11.6 Å². The van der Waals surface area contributed by atoms with Crippen LogP contribution in [0.3, 0.4) is 0 Å². The lowest BCUT2D eigenvalue weighted by atomic mass is 9.73. The van der Waals surface area contributed by atoms with Gasteiger partial charge < -0.3 is 10.5 Å². The number of methoxy groups -OCH3 is 1. The minimum atomic E-state index is -0.214. The molecule has 1 aromatic rings. The Morgan fingerprint density at radius 3 is 3.00 bits per heavy atom. The summed E-state index contributed by atoms with van der Waals surface area (Å²) in [5.41, 5.74) is 9.70. The van der Waals surface area contributed by atoms with Crippen LogP contribution in [0.4, 0.5) is 5.82 Å². The van der Waals surface area contributed by atoms with Crippen LogP contribution in [-0.2, 0) is 11.2 Å². The number of anilines is 1. The second-order valence-electron chi connectivity index (χ2n) is 5.94. The molecular formula is C15H26N4O. The molecule has 20 heavy (non-hydrogen) atoms. The molecular weight excluding hydrogens is 252 g/mol. The van der Waals surface area contributed by atoms with E-state index in [4.69, 9.17) is 16.3 Å². The molecule has 0 spiro atoms. The van der Waals surface area contributed by atoms with E-state index in [2.05, 4.69) is 17.3 Å². The number of nitrogens with two attached hydrogens (primary N) is 2. The van der Waals surface area contributed by atoms with E-state index in [9.17, 15) is 0 Å². The van der Waals surface area contributed by atoms with E-state index in [1.807, 2.05) is 12.1 Å². The number of hydrazine groups is 1. The van der Waals surface area contributed by atoms with E-state index >= 15 is 0 Å². The third-order valence-corrected chi connectivity index (χ3v) is 4.58. The average Bonchev–Trinajstić information content (AvgIpc) is 2.46. The van der Waals surface area contributed by atoms with Crippen molar-refractivity contribution in [2.75, 3.05) is 12.8 Å². The highest BCUT2D eigenvalue weighted by atomic mass is 16.5. The number of pyridine rings is 1. The van der Waals surface area contributed by atoms with Crippen LogP contribution in [0.15, 0.2) is 18.3 Å². The quantitative estimate of drug-likeness (QED) is 0.563. The third kappa shape index (κ3) is 3.11. The maximum Gasteiger partial charge on any atom is 0.126 e. The summed E-state index contributed by atoms with van der Waals surface area (Å²) in [4.78, 5) is 4.14. The van der Waals surface area contributed by atoms with Crippen LogP contribution >= 0.6 is 0 Å². The van der Waals surface area contributed by atoms with Gasteiger partial charge in [-0.15, -0.1) is 0 Å². The molecule has 0 aliphatic heterocycles. The van der Waals surface area contributed by atoms with Crippen LogP contribution in [0.1, 0.15) is 38.2 Å². The topological polar surface area (TPSA) is 86.2 Å². The van der Waals surface area contributed by atoms with Gasteiger partial charge in [0, 0.05) is 13.3 Å². The smallest absolute Gasteiger partial charge is 0.126 e. The number of nitrogens with zero attached hydrogens (tertiary/aromatic N) is 1. The number of aromatic nitrogens is 1. The highest BCUT2D eigenvalue weighted by Gasteiger charge is 2.41. The number of ether oxygens (including phenoxy) is 1. The molecule has 0 amide bonds. The van der Waals surface area contributed by atoms with Gasteiger partial charge in [0.25, 0.3) is 0 Å². The first-order chi connectivity index (χ1) is 9.61. The fourth-order valence-corrected chi connectivity index (χ4v) is 3.43. The molecule has 1 aromatic heterocycles. The molecule has 112 valence electrons. The van der Waals surface area contributed by atoms with E-state index in [1.54, 1.807) is 13.3 Å². The molecule has 3 atom stereocenters.